The third kappa shape index (κ3) is 1.30. The lowest BCUT2D eigenvalue weighted by atomic mass is 9.98. The van der Waals surface area contributed by atoms with Gasteiger partial charge in [-0.1, -0.05) is 0 Å². The summed E-state index contributed by atoms with van der Waals surface area (Å²) < 4.78 is 0. The van der Waals surface area contributed by atoms with E-state index in [1.165, 1.54) is 12.2 Å². The smallest absolute Gasteiger partial charge is 0.206 e. The van der Waals surface area contributed by atoms with Gasteiger partial charge in [0, 0.05) is 0 Å². The van der Waals surface area contributed by atoms with Crippen LogP contribution in [0.25, 0.3) is 0 Å². The fourth-order valence-electron chi connectivity index (χ4n) is 2.14. The van der Waals surface area contributed by atoms with Crippen molar-refractivity contribution >= 4 is 11.6 Å². The average molecular weight is 214 g/mol. The summed E-state index contributed by atoms with van der Waals surface area (Å²) in [7, 11) is 0. The maximum absolute atomic E-state index is 11.6. The molecule has 1 aromatic rings. The van der Waals surface area contributed by atoms with E-state index in [4.69, 9.17) is 0 Å². The second-order valence-electron chi connectivity index (χ2n) is 4.08. The van der Waals surface area contributed by atoms with Gasteiger partial charge in [-0.15, -0.1) is 0 Å². The standard InChI is InChI=1S/C12H10N2O2/c15-9-5-6-10(16)12-11(9)13-7-3-1-2-4-8(7)14-12/h5-6H,1-4H2. The fourth-order valence-corrected chi connectivity index (χ4v) is 2.14. The van der Waals surface area contributed by atoms with Crippen molar-refractivity contribution in [3.8, 4) is 0 Å². The molecular weight excluding hydrogens is 204 g/mol. The molecule has 2 aliphatic carbocycles. The summed E-state index contributed by atoms with van der Waals surface area (Å²) in [5.74, 6) is -0.425. The average Bonchev–Trinajstić information content (AvgIpc) is 2.32. The lowest BCUT2D eigenvalue weighted by Gasteiger charge is -2.17. The van der Waals surface area contributed by atoms with Gasteiger partial charge in [-0.2, -0.15) is 0 Å². The molecule has 0 unspecified atom stereocenters. The van der Waals surface area contributed by atoms with Crippen LogP contribution in [-0.4, -0.2) is 21.5 Å². The number of hydrogen-bond donors (Lipinski definition) is 0. The van der Waals surface area contributed by atoms with Gasteiger partial charge < -0.3 is 0 Å². The van der Waals surface area contributed by atoms with Crippen molar-refractivity contribution in [2.75, 3.05) is 0 Å². The van der Waals surface area contributed by atoms with Gasteiger partial charge in [0.25, 0.3) is 0 Å². The SMILES string of the molecule is O=C1C=CC(=O)c2nc3c(nc21)CCCC3. The van der Waals surface area contributed by atoms with Gasteiger partial charge >= 0.3 is 0 Å². The monoisotopic (exact) mass is 214 g/mol. The molecule has 1 aromatic heterocycles. The third-order valence-electron chi connectivity index (χ3n) is 2.98. The van der Waals surface area contributed by atoms with Gasteiger partial charge in [0.15, 0.2) is 0 Å². The van der Waals surface area contributed by atoms with Gasteiger partial charge in [0.1, 0.15) is 11.4 Å². The van der Waals surface area contributed by atoms with E-state index in [1.54, 1.807) is 0 Å². The molecule has 4 nitrogen and oxygen atoms in total. The summed E-state index contributed by atoms with van der Waals surface area (Å²) in [6.45, 7) is 0. The fraction of sp³-hybridized carbons (Fsp3) is 0.333. The van der Waals surface area contributed by atoms with Crippen molar-refractivity contribution in [2.45, 2.75) is 25.7 Å². The molecule has 0 atom stereocenters. The number of nitrogens with zero attached hydrogens (tertiary/aromatic N) is 2. The number of aryl methyl sites for hydroxylation is 2. The Bertz CT molecular complexity index is 485. The Kier molecular flexibility index (Phi) is 1.96. The lowest BCUT2D eigenvalue weighted by molar-refractivity contribution is 0.0986. The van der Waals surface area contributed by atoms with Gasteiger partial charge in [-0.3, -0.25) is 9.59 Å². The topological polar surface area (TPSA) is 59.9 Å². The highest BCUT2D eigenvalue weighted by Crippen LogP contribution is 2.21. The van der Waals surface area contributed by atoms with Crippen molar-refractivity contribution in [1.29, 1.82) is 0 Å². The molecule has 0 aliphatic heterocycles. The van der Waals surface area contributed by atoms with Crippen molar-refractivity contribution in [2.24, 2.45) is 0 Å². The Hall–Kier alpha value is -1.84. The molecule has 3 rings (SSSR count). The van der Waals surface area contributed by atoms with Crippen LogP contribution in [0.15, 0.2) is 12.2 Å². The summed E-state index contributed by atoms with van der Waals surface area (Å²) in [6.07, 6.45) is 6.43. The van der Waals surface area contributed by atoms with Crippen LogP contribution >= 0.6 is 0 Å². The summed E-state index contributed by atoms with van der Waals surface area (Å²) >= 11 is 0. The van der Waals surface area contributed by atoms with Crippen LogP contribution in [-0.2, 0) is 12.8 Å². The second kappa shape index (κ2) is 3.33. The molecule has 1 heterocycles. The number of aromatic nitrogens is 2. The van der Waals surface area contributed by atoms with E-state index in [2.05, 4.69) is 9.97 Å². The van der Waals surface area contributed by atoms with Crippen LogP contribution in [0.4, 0.5) is 0 Å². The minimum absolute atomic E-state index is 0.213. The Morgan fingerprint density at radius 2 is 1.25 bits per heavy atom. The molecule has 80 valence electrons. The number of rotatable bonds is 0. The molecule has 0 aromatic carbocycles. The molecule has 0 fully saturated rings. The Balaban J connectivity index is 2.21. The van der Waals surface area contributed by atoms with Crippen LogP contribution in [0.5, 0.6) is 0 Å². The molecule has 0 spiro atoms. The number of fused-ring (bicyclic) bond motifs is 2. The molecule has 0 amide bonds. The quantitative estimate of drug-likeness (QED) is 0.653. The summed E-state index contributed by atoms with van der Waals surface area (Å²) in [6, 6.07) is 0. The normalized spacial score (nSPS) is 18.2. The third-order valence-corrected chi connectivity index (χ3v) is 2.98. The predicted octanol–water partition coefficient (Wildman–Crippen LogP) is 1.29. The first-order valence-electron chi connectivity index (χ1n) is 5.42. The second-order valence-corrected chi connectivity index (χ2v) is 4.08. The molecule has 0 saturated heterocycles. The van der Waals surface area contributed by atoms with Crippen LogP contribution in [0.2, 0.25) is 0 Å². The van der Waals surface area contributed by atoms with Gasteiger partial charge in [0.2, 0.25) is 11.6 Å². The maximum atomic E-state index is 11.6. The zero-order valence-corrected chi connectivity index (χ0v) is 8.69. The van der Waals surface area contributed by atoms with Gasteiger partial charge in [-0.05, 0) is 37.8 Å². The van der Waals surface area contributed by atoms with Crippen LogP contribution in [0.3, 0.4) is 0 Å². The van der Waals surface area contributed by atoms with E-state index in [0.29, 0.717) is 0 Å². The lowest BCUT2D eigenvalue weighted by Crippen LogP contribution is -2.21. The summed E-state index contributed by atoms with van der Waals surface area (Å²) in [5, 5.41) is 0. The number of carbonyl (C=O) groups excluding carboxylic acids is 2. The predicted molar refractivity (Wildman–Crippen MR) is 56.5 cm³/mol. The molecule has 2 aliphatic rings. The van der Waals surface area contributed by atoms with E-state index in [1.807, 2.05) is 0 Å². The largest absolute Gasteiger partial charge is 0.287 e. The summed E-state index contributed by atoms with van der Waals surface area (Å²) in [5.41, 5.74) is 2.24. The van der Waals surface area contributed by atoms with Crippen molar-refractivity contribution < 1.29 is 9.59 Å². The van der Waals surface area contributed by atoms with E-state index in [0.717, 1.165) is 37.1 Å². The molecule has 0 saturated carbocycles. The molecule has 0 radical (unpaired) electrons. The highest BCUT2D eigenvalue weighted by molar-refractivity contribution is 6.20. The first-order chi connectivity index (χ1) is 7.75. The van der Waals surface area contributed by atoms with Crippen LogP contribution < -0.4 is 0 Å². The van der Waals surface area contributed by atoms with Crippen molar-refractivity contribution in [1.82, 2.24) is 9.97 Å². The zero-order valence-electron chi connectivity index (χ0n) is 8.69. The van der Waals surface area contributed by atoms with E-state index < -0.39 is 0 Å². The molecule has 0 N–H and O–H groups in total. The molecular formula is C12H10N2O2. The molecule has 4 heteroatoms. The van der Waals surface area contributed by atoms with E-state index in [9.17, 15) is 9.59 Å². The van der Waals surface area contributed by atoms with Crippen molar-refractivity contribution in [3.05, 3.63) is 34.9 Å². The first kappa shape index (κ1) is 9.39. The number of ketones is 2. The summed E-state index contributed by atoms with van der Waals surface area (Å²) in [4.78, 5) is 31.8. The van der Waals surface area contributed by atoms with Gasteiger partial charge in [-0.25, -0.2) is 9.97 Å². The number of hydrogen-bond acceptors (Lipinski definition) is 4. The van der Waals surface area contributed by atoms with Gasteiger partial charge in [0.05, 0.1) is 11.4 Å². The first-order valence-corrected chi connectivity index (χ1v) is 5.42. The van der Waals surface area contributed by atoms with E-state index in [-0.39, 0.29) is 23.0 Å². The zero-order chi connectivity index (χ0) is 11.1. The Morgan fingerprint density at radius 1 is 0.812 bits per heavy atom. The van der Waals surface area contributed by atoms with Crippen molar-refractivity contribution in [3.63, 3.8) is 0 Å². The maximum Gasteiger partial charge on any atom is 0.206 e. The Labute approximate surface area is 92.4 Å². The van der Waals surface area contributed by atoms with E-state index >= 15 is 0 Å². The minimum Gasteiger partial charge on any atom is -0.287 e. The highest BCUT2D eigenvalue weighted by atomic mass is 16.1. The number of carbonyl (C=O) groups is 2. The highest BCUT2D eigenvalue weighted by Gasteiger charge is 2.25. The molecule has 0 bridgehead atoms. The Morgan fingerprint density at radius 3 is 1.69 bits per heavy atom. The van der Waals surface area contributed by atoms with Crippen LogP contribution in [0, 0.1) is 0 Å². The number of allylic oxidation sites excluding steroid dienone is 2. The minimum atomic E-state index is -0.213. The molecule has 16 heavy (non-hydrogen) atoms. The van der Waals surface area contributed by atoms with Crippen LogP contribution in [0.1, 0.15) is 45.2 Å².